The van der Waals surface area contributed by atoms with Crippen LogP contribution in [0, 0.1) is 5.92 Å². The Hall–Kier alpha value is -0.850. The van der Waals surface area contributed by atoms with E-state index in [-0.39, 0.29) is 5.92 Å². The topological polar surface area (TPSA) is 17.1 Å². The summed E-state index contributed by atoms with van der Waals surface area (Å²) in [6.07, 6.45) is 16.8. The van der Waals surface area contributed by atoms with Gasteiger partial charge in [0.15, 0.2) is 0 Å². The smallest absolute Gasteiger partial charge is 0.126 e. The first-order chi connectivity index (χ1) is 7.31. The van der Waals surface area contributed by atoms with Gasteiger partial charge >= 0.3 is 0 Å². The maximum atomic E-state index is 10.3. The number of aldehydes is 1. The Morgan fingerprint density at radius 2 is 1.87 bits per heavy atom. The van der Waals surface area contributed by atoms with Crippen molar-refractivity contribution in [2.75, 3.05) is 0 Å². The third-order valence-electron chi connectivity index (χ3n) is 2.32. The minimum atomic E-state index is 0.0583. The Bertz CT molecular complexity index is 192. The Balaban J connectivity index is 3.31. The highest BCUT2D eigenvalue weighted by atomic mass is 16.1. The number of hydrogen-bond acceptors (Lipinski definition) is 1. The summed E-state index contributed by atoms with van der Waals surface area (Å²) in [7, 11) is 0. The van der Waals surface area contributed by atoms with Crippen LogP contribution in [0.4, 0.5) is 0 Å². The third kappa shape index (κ3) is 11.1. The lowest BCUT2D eigenvalue weighted by Gasteiger charge is -1.93. The summed E-state index contributed by atoms with van der Waals surface area (Å²) in [6, 6.07) is 0. The van der Waals surface area contributed by atoms with Gasteiger partial charge in [-0.3, -0.25) is 0 Å². The third-order valence-corrected chi connectivity index (χ3v) is 2.32. The molecule has 0 saturated heterocycles. The van der Waals surface area contributed by atoms with Gasteiger partial charge in [0.25, 0.3) is 0 Å². The first-order valence-electron chi connectivity index (χ1n) is 6.08. The summed E-state index contributed by atoms with van der Waals surface area (Å²) in [4.78, 5) is 10.3. The number of allylic oxidation sites excluding steroid dienone is 4. The zero-order chi connectivity index (χ0) is 11.4. The van der Waals surface area contributed by atoms with Gasteiger partial charge in [0.2, 0.25) is 0 Å². The van der Waals surface area contributed by atoms with Crippen molar-refractivity contribution in [1.82, 2.24) is 0 Å². The molecule has 0 aromatic carbocycles. The molecule has 1 unspecified atom stereocenters. The fraction of sp³-hybridized carbons (Fsp3) is 0.643. The summed E-state index contributed by atoms with van der Waals surface area (Å²) in [5, 5.41) is 0. The number of hydrogen-bond donors (Lipinski definition) is 0. The van der Waals surface area contributed by atoms with Crippen LogP contribution in [0.1, 0.15) is 52.4 Å². The molecule has 0 rings (SSSR count). The van der Waals surface area contributed by atoms with Crippen LogP contribution in [-0.4, -0.2) is 6.29 Å². The molecule has 0 aromatic rings. The van der Waals surface area contributed by atoms with E-state index in [1.807, 2.05) is 13.0 Å². The van der Waals surface area contributed by atoms with Crippen LogP contribution in [-0.2, 0) is 4.79 Å². The first-order valence-corrected chi connectivity index (χ1v) is 6.08. The highest BCUT2D eigenvalue weighted by molar-refractivity contribution is 5.55. The molecule has 0 spiro atoms. The molecular weight excluding hydrogens is 184 g/mol. The normalized spacial score (nSPS) is 13.7. The highest BCUT2D eigenvalue weighted by Gasteiger charge is 1.88. The van der Waals surface area contributed by atoms with Gasteiger partial charge in [0.05, 0.1) is 0 Å². The van der Waals surface area contributed by atoms with Crippen LogP contribution in [0.2, 0.25) is 0 Å². The highest BCUT2D eigenvalue weighted by Crippen LogP contribution is 2.03. The lowest BCUT2D eigenvalue weighted by molar-refractivity contribution is -0.109. The van der Waals surface area contributed by atoms with Crippen LogP contribution in [0.25, 0.3) is 0 Å². The molecule has 0 N–H and O–H groups in total. The fourth-order valence-electron chi connectivity index (χ4n) is 1.32. The van der Waals surface area contributed by atoms with Crippen molar-refractivity contribution >= 4 is 6.29 Å². The second-order valence-corrected chi connectivity index (χ2v) is 3.98. The maximum Gasteiger partial charge on any atom is 0.126 e. The monoisotopic (exact) mass is 208 g/mol. The van der Waals surface area contributed by atoms with Gasteiger partial charge in [-0.1, -0.05) is 57.4 Å². The van der Waals surface area contributed by atoms with Crippen molar-refractivity contribution in [1.29, 1.82) is 0 Å². The zero-order valence-electron chi connectivity index (χ0n) is 10.1. The van der Waals surface area contributed by atoms with Crippen LogP contribution >= 0.6 is 0 Å². The van der Waals surface area contributed by atoms with Gasteiger partial charge < -0.3 is 4.79 Å². The number of unbranched alkanes of at least 4 members (excludes halogenated alkanes) is 4. The Kier molecular flexibility index (Phi) is 10.6. The van der Waals surface area contributed by atoms with Gasteiger partial charge in [0, 0.05) is 5.92 Å². The second kappa shape index (κ2) is 11.2. The van der Waals surface area contributed by atoms with E-state index in [4.69, 9.17) is 0 Å². The lowest BCUT2D eigenvalue weighted by Crippen LogP contribution is -1.87. The maximum absolute atomic E-state index is 10.3. The molecule has 0 heterocycles. The largest absolute Gasteiger partial charge is 0.303 e. The molecule has 0 aromatic heterocycles. The molecule has 0 aliphatic heterocycles. The van der Waals surface area contributed by atoms with Crippen molar-refractivity contribution in [2.24, 2.45) is 5.92 Å². The van der Waals surface area contributed by atoms with E-state index in [2.05, 4.69) is 25.2 Å². The van der Waals surface area contributed by atoms with E-state index < -0.39 is 0 Å². The lowest BCUT2D eigenvalue weighted by atomic mass is 10.1. The molecule has 1 nitrogen and oxygen atoms in total. The summed E-state index contributed by atoms with van der Waals surface area (Å²) in [6.45, 7) is 4.13. The van der Waals surface area contributed by atoms with Gasteiger partial charge in [0.1, 0.15) is 6.29 Å². The molecule has 0 fully saturated rings. The first kappa shape index (κ1) is 14.2. The predicted molar refractivity (Wildman–Crippen MR) is 66.9 cm³/mol. The van der Waals surface area contributed by atoms with Gasteiger partial charge in [-0.15, -0.1) is 0 Å². The standard InChI is InChI=1S/C14H24O/c1-3-4-5-6-7-8-9-10-11-12-14(2)13-15/h8-9,11-14H,3-7,10H2,1-2H3. The zero-order valence-corrected chi connectivity index (χ0v) is 10.1. The minimum Gasteiger partial charge on any atom is -0.303 e. The van der Waals surface area contributed by atoms with Crippen LogP contribution in [0.3, 0.4) is 0 Å². The summed E-state index contributed by atoms with van der Waals surface area (Å²) in [5.41, 5.74) is 0. The Morgan fingerprint density at radius 1 is 1.07 bits per heavy atom. The number of carbonyl (C=O) groups is 1. The van der Waals surface area contributed by atoms with E-state index in [1.165, 1.54) is 32.1 Å². The molecule has 0 saturated carbocycles. The summed E-state index contributed by atoms with van der Waals surface area (Å²) < 4.78 is 0. The van der Waals surface area contributed by atoms with Crippen molar-refractivity contribution in [2.45, 2.75) is 52.4 Å². The second-order valence-electron chi connectivity index (χ2n) is 3.98. The molecule has 0 aliphatic carbocycles. The number of carbonyl (C=O) groups excluding carboxylic acids is 1. The fourth-order valence-corrected chi connectivity index (χ4v) is 1.32. The van der Waals surface area contributed by atoms with Gasteiger partial charge in [-0.25, -0.2) is 0 Å². The Labute approximate surface area is 94.3 Å². The van der Waals surface area contributed by atoms with Crippen molar-refractivity contribution in [3.8, 4) is 0 Å². The van der Waals surface area contributed by atoms with Crippen molar-refractivity contribution in [3.63, 3.8) is 0 Å². The number of rotatable bonds is 9. The minimum absolute atomic E-state index is 0.0583. The molecule has 0 radical (unpaired) electrons. The van der Waals surface area contributed by atoms with Gasteiger partial charge in [-0.2, -0.15) is 0 Å². The van der Waals surface area contributed by atoms with E-state index >= 15 is 0 Å². The molecular formula is C14H24O. The van der Waals surface area contributed by atoms with Crippen LogP contribution in [0.5, 0.6) is 0 Å². The van der Waals surface area contributed by atoms with Crippen LogP contribution in [0.15, 0.2) is 24.3 Å². The van der Waals surface area contributed by atoms with E-state index in [1.54, 1.807) is 0 Å². The average Bonchev–Trinajstić information content (AvgIpc) is 2.26. The van der Waals surface area contributed by atoms with E-state index in [0.29, 0.717) is 0 Å². The quantitative estimate of drug-likeness (QED) is 0.314. The van der Waals surface area contributed by atoms with E-state index in [0.717, 1.165) is 12.7 Å². The summed E-state index contributed by atoms with van der Waals surface area (Å²) in [5.74, 6) is 0.0583. The van der Waals surface area contributed by atoms with Crippen LogP contribution < -0.4 is 0 Å². The Morgan fingerprint density at radius 3 is 2.53 bits per heavy atom. The van der Waals surface area contributed by atoms with Crippen molar-refractivity contribution in [3.05, 3.63) is 24.3 Å². The predicted octanol–water partition coefficient (Wildman–Crippen LogP) is 4.29. The molecule has 1 heteroatoms. The molecule has 86 valence electrons. The van der Waals surface area contributed by atoms with Crippen molar-refractivity contribution < 1.29 is 4.79 Å². The average molecular weight is 208 g/mol. The molecule has 0 bridgehead atoms. The van der Waals surface area contributed by atoms with E-state index in [9.17, 15) is 4.79 Å². The SMILES string of the molecule is CCCCCCC=CCC=CC(C)C=O. The molecule has 0 aliphatic rings. The van der Waals surface area contributed by atoms with Gasteiger partial charge in [-0.05, 0) is 19.3 Å². The molecule has 1 atom stereocenters. The molecule has 0 amide bonds. The molecule has 15 heavy (non-hydrogen) atoms. The summed E-state index contributed by atoms with van der Waals surface area (Å²) >= 11 is 0.